The molecular formula is C14H11N3O3. The fraction of sp³-hybridized carbons (Fsp3) is 0. The number of aromatic nitrogens is 1. The average Bonchev–Trinajstić information content (AvgIpc) is 2.46. The zero-order valence-corrected chi connectivity index (χ0v) is 10.3. The number of hydrogen-bond donors (Lipinski definition) is 4. The molecule has 0 unspecified atom stereocenters. The lowest BCUT2D eigenvalue weighted by atomic mass is 10.0. The number of nitriles is 1. The number of phenolic OH excluding ortho intramolecular Hbond substituents is 2. The molecule has 0 aliphatic carbocycles. The van der Waals surface area contributed by atoms with Crippen LogP contribution in [0, 0.1) is 11.3 Å². The number of benzene rings is 1. The van der Waals surface area contributed by atoms with E-state index in [1.807, 2.05) is 6.07 Å². The van der Waals surface area contributed by atoms with Crippen molar-refractivity contribution >= 4 is 17.0 Å². The second kappa shape index (κ2) is 5.20. The van der Waals surface area contributed by atoms with Crippen LogP contribution in [0.4, 0.5) is 5.69 Å². The van der Waals surface area contributed by atoms with Crippen LogP contribution in [0.5, 0.6) is 11.5 Å². The highest BCUT2D eigenvalue weighted by Crippen LogP contribution is 2.35. The lowest BCUT2D eigenvalue weighted by Gasteiger charge is -2.08. The standard InChI is InChI=1S/C14H11N3O3/c15-7-9(11-3-1-2-4-17-11)13(19)8-5-10(16)14(20)12(18)6-8/h1-6,18-20H,16H2/b13-9-. The molecule has 0 bridgehead atoms. The molecule has 1 aromatic carbocycles. The summed E-state index contributed by atoms with van der Waals surface area (Å²) < 4.78 is 0. The van der Waals surface area contributed by atoms with Gasteiger partial charge in [-0.05, 0) is 24.3 Å². The minimum atomic E-state index is -0.482. The molecule has 0 saturated carbocycles. The van der Waals surface area contributed by atoms with E-state index in [1.165, 1.54) is 12.3 Å². The third kappa shape index (κ3) is 2.33. The number of allylic oxidation sites excluding steroid dienone is 1. The van der Waals surface area contributed by atoms with Crippen LogP contribution in [-0.4, -0.2) is 20.3 Å². The van der Waals surface area contributed by atoms with E-state index in [1.54, 1.807) is 18.2 Å². The van der Waals surface area contributed by atoms with E-state index in [4.69, 9.17) is 11.0 Å². The number of rotatable bonds is 2. The van der Waals surface area contributed by atoms with Crippen molar-refractivity contribution in [3.8, 4) is 17.6 Å². The molecular weight excluding hydrogens is 258 g/mol. The maximum atomic E-state index is 10.1. The highest BCUT2D eigenvalue weighted by Gasteiger charge is 2.15. The van der Waals surface area contributed by atoms with Gasteiger partial charge in [-0.3, -0.25) is 4.98 Å². The number of pyridine rings is 1. The highest BCUT2D eigenvalue weighted by atomic mass is 16.3. The summed E-state index contributed by atoms with van der Waals surface area (Å²) in [6, 6.07) is 9.14. The van der Waals surface area contributed by atoms with Crippen LogP contribution in [0.25, 0.3) is 11.3 Å². The summed E-state index contributed by atoms with van der Waals surface area (Å²) in [4.78, 5) is 3.98. The van der Waals surface area contributed by atoms with Gasteiger partial charge in [0.25, 0.3) is 0 Å². The van der Waals surface area contributed by atoms with Gasteiger partial charge in [-0.2, -0.15) is 5.26 Å². The SMILES string of the molecule is N#C/C(=C(/O)c1cc(N)c(O)c(O)c1)c1ccccn1. The highest BCUT2D eigenvalue weighted by molar-refractivity contribution is 5.93. The van der Waals surface area contributed by atoms with Crippen LogP contribution in [0.1, 0.15) is 11.3 Å². The van der Waals surface area contributed by atoms with E-state index in [-0.39, 0.29) is 22.6 Å². The van der Waals surface area contributed by atoms with E-state index in [0.29, 0.717) is 5.69 Å². The molecule has 0 saturated heterocycles. The monoisotopic (exact) mass is 269 g/mol. The predicted molar refractivity (Wildman–Crippen MR) is 73.5 cm³/mol. The van der Waals surface area contributed by atoms with Crippen molar-refractivity contribution < 1.29 is 15.3 Å². The molecule has 0 radical (unpaired) electrons. The first-order valence-corrected chi connectivity index (χ1v) is 5.61. The molecule has 2 rings (SSSR count). The van der Waals surface area contributed by atoms with Crippen molar-refractivity contribution in [2.24, 2.45) is 0 Å². The van der Waals surface area contributed by atoms with Gasteiger partial charge in [0, 0.05) is 11.8 Å². The number of nitrogens with two attached hydrogens (primary N) is 1. The van der Waals surface area contributed by atoms with Gasteiger partial charge in [0.05, 0.1) is 11.4 Å². The molecule has 1 aromatic heterocycles. The minimum Gasteiger partial charge on any atom is -0.506 e. The second-order valence-corrected chi connectivity index (χ2v) is 3.98. The smallest absolute Gasteiger partial charge is 0.181 e. The Morgan fingerprint density at radius 3 is 2.55 bits per heavy atom. The number of hydrogen-bond acceptors (Lipinski definition) is 6. The van der Waals surface area contributed by atoms with Gasteiger partial charge >= 0.3 is 0 Å². The average molecular weight is 269 g/mol. The summed E-state index contributed by atoms with van der Waals surface area (Å²) in [6.45, 7) is 0. The molecule has 5 N–H and O–H groups in total. The van der Waals surface area contributed by atoms with Gasteiger partial charge in [-0.25, -0.2) is 0 Å². The molecule has 100 valence electrons. The summed E-state index contributed by atoms with van der Waals surface area (Å²) in [5.74, 6) is -1.34. The maximum Gasteiger partial charge on any atom is 0.181 e. The first-order chi connectivity index (χ1) is 9.54. The van der Waals surface area contributed by atoms with Crippen LogP contribution in [0.3, 0.4) is 0 Å². The lowest BCUT2D eigenvalue weighted by molar-refractivity contribution is 0.405. The van der Waals surface area contributed by atoms with Crippen LogP contribution in [-0.2, 0) is 0 Å². The first kappa shape index (κ1) is 13.2. The van der Waals surface area contributed by atoms with Crippen molar-refractivity contribution in [1.29, 1.82) is 5.26 Å². The van der Waals surface area contributed by atoms with Gasteiger partial charge in [-0.1, -0.05) is 6.07 Å². The first-order valence-electron chi connectivity index (χ1n) is 5.61. The summed E-state index contributed by atoms with van der Waals surface area (Å²) in [5, 5.41) is 38.2. The van der Waals surface area contributed by atoms with Crippen molar-refractivity contribution in [1.82, 2.24) is 4.98 Å². The molecule has 2 aromatic rings. The third-order valence-electron chi connectivity index (χ3n) is 2.66. The van der Waals surface area contributed by atoms with Gasteiger partial charge in [-0.15, -0.1) is 0 Å². The molecule has 0 aliphatic rings. The van der Waals surface area contributed by atoms with E-state index < -0.39 is 11.5 Å². The zero-order chi connectivity index (χ0) is 14.7. The number of nitrogens with zero attached hydrogens (tertiary/aromatic N) is 2. The number of anilines is 1. The quantitative estimate of drug-likeness (QED) is 0.286. The molecule has 0 amide bonds. The van der Waals surface area contributed by atoms with Crippen molar-refractivity contribution in [3.63, 3.8) is 0 Å². The lowest BCUT2D eigenvalue weighted by Crippen LogP contribution is -1.95. The molecule has 0 atom stereocenters. The summed E-state index contributed by atoms with van der Waals surface area (Å²) >= 11 is 0. The zero-order valence-electron chi connectivity index (χ0n) is 10.3. The third-order valence-corrected chi connectivity index (χ3v) is 2.66. The fourth-order valence-corrected chi connectivity index (χ4v) is 1.66. The molecule has 1 heterocycles. The predicted octanol–water partition coefficient (Wildman–Crippen LogP) is 2.02. The topological polar surface area (TPSA) is 123 Å². The molecule has 20 heavy (non-hydrogen) atoms. The Bertz CT molecular complexity index is 695. The van der Waals surface area contributed by atoms with E-state index in [0.717, 1.165) is 6.07 Å². The second-order valence-electron chi connectivity index (χ2n) is 3.98. The maximum absolute atomic E-state index is 10.1. The Morgan fingerprint density at radius 2 is 2.00 bits per heavy atom. The molecule has 0 fully saturated rings. The van der Waals surface area contributed by atoms with Gasteiger partial charge < -0.3 is 21.1 Å². The van der Waals surface area contributed by atoms with E-state index in [9.17, 15) is 15.3 Å². The molecule has 0 spiro atoms. The Kier molecular flexibility index (Phi) is 3.44. The Balaban J connectivity index is 2.61. The summed E-state index contributed by atoms with van der Waals surface area (Å²) in [5.41, 5.74) is 5.73. The Morgan fingerprint density at radius 1 is 1.25 bits per heavy atom. The van der Waals surface area contributed by atoms with Crippen LogP contribution in [0.15, 0.2) is 36.5 Å². The number of phenols is 2. The van der Waals surface area contributed by atoms with Gasteiger partial charge in [0.1, 0.15) is 17.4 Å². The fourth-order valence-electron chi connectivity index (χ4n) is 1.66. The largest absolute Gasteiger partial charge is 0.506 e. The normalized spacial score (nSPS) is 11.6. The Hall–Kier alpha value is -3.20. The van der Waals surface area contributed by atoms with Crippen molar-refractivity contribution in [3.05, 3.63) is 47.8 Å². The summed E-state index contributed by atoms with van der Waals surface area (Å²) in [7, 11) is 0. The Labute approximate surface area is 114 Å². The number of aromatic hydroxyl groups is 2. The van der Waals surface area contributed by atoms with E-state index >= 15 is 0 Å². The van der Waals surface area contributed by atoms with Crippen LogP contribution < -0.4 is 5.73 Å². The van der Waals surface area contributed by atoms with Gasteiger partial charge in [0.15, 0.2) is 11.5 Å². The summed E-state index contributed by atoms with van der Waals surface area (Å²) in [6.07, 6.45) is 1.49. The molecule has 6 nitrogen and oxygen atoms in total. The van der Waals surface area contributed by atoms with Crippen molar-refractivity contribution in [2.75, 3.05) is 5.73 Å². The van der Waals surface area contributed by atoms with E-state index in [2.05, 4.69) is 4.98 Å². The number of nitrogen functional groups attached to an aromatic ring is 1. The van der Waals surface area contributed by atoms with Gasteiger partial charge in [0.2, 0.25) is 0 Å². The number of aliphatic hydroxyl groups excluding tert-OH is 1. The van der Waals surface area contributed by atoms with Crippen LogP contribution in [0.2, 0.25) is 0 Å². The molecule has 0 aliphatic heterocycles. The van der Waals surface area contributed by atoms with Crippen molar-refractivity contribution in [2.45, 2.75) is 0 Å². The minimum absolute atomic E-state index is 0.0601. The number of aliphatic hydroxyl groups is 1. The van der Waals surface area contributed by atoms with Crippen LogP contribution >= 0.6 is 0 Å². The molecule has 6 heteroatoms.